The summed E-state index contributed by atoms with van der Waals surface area (Å²) in [6.45, 7) is 6.21. The summed E-state index contributed by atoms with van der Waals surface area (Å²) in [6, 6.07) is 0. The molecule has 0 radical (unpaired) electrons. The van der Waals surface area contributed by atoms with E-state index in [1.165, 1.54) is 0 Å². The molecular formula is C8H14N2O2Si. The largest absolute Gasteiger partial charge is 0.519 e. The smallest absolute Gasteiger partial charge is 0.312 e. The van der Waals surface area contributed by atoms with E-state index >= 15 is 0 Å². The molecule has 0 aliphatic heterocycles. The molecule has 0 fully saturated rings. The highest BCUT2D eigenvalue weighted by Gasteiger charge is 2.19. The molecule has 13 heavy (non-hydrogen) atoms. The van der Waals surface area contributed by atoms with Gasteiger partial charge in [-0.15, -0.1) is 0 Å². The topological polar surface area (TPSA) is 44.1 Å². The normalized spacial score (nSPS) is 11.3. The van der Waals surface area contributed by atoms with Crippen LogP contribution in [0.4, 0.5) is 0 Å². The van der Waals surface area contributed by atoms with E-state index in [-0.39, 0.29) is 12.5 Å². The second kappa shape index (κ2) is 3.74. The average molecular weight is 198 g/mol. The number of hydrogen-bond acceptors (Lipinski definition) is 3. The Morgan fingerprint density at radius 3 is 2.69 bits per heavy atom. The molecule has 1 rings (SSSR count). The zero-order chi connectivity index (χ0) is 9.90. The van der Waals surface area contributed by atoms with Gasteiger partial charge in [-0.2, -0.15) is 0 Å². The van der Waals surface area contributed by atoms with Gasteiger partial charge in [-0.05, 0) is 19.6 Å². The van der Waals surface area contributed by atoms with Gasteiger partial charge < -0.3 is 8.99 Å². The van der Waals surface area contributed by atoms with Gasteiger partial charge in [0, 0.05) is 12.4 Å². The molecule has 0 unspecified atom stereocenters. The van der Waals surface area contributed by atoms with Crippen molar-refractivity contribution >= 4 is 14.3 Å². The minimum absolute atomic E-state index is 0.183. The maximum absolute atomic E-state index is 11.3. The molecular weight excluding hydrogens is 184 g/mol. The maximum Gasteiger partial charge on any atom is 0.312 e. The van der Waals surface area contributed by atoms with Crippen molar-refractivity contribution in [1.29, 1.82) is 0 Å². The van der Waals surface area contributed by atoms with E-state index in [1.54, 1.807) is 23.3 Å². The third kappa shape index (κ3) is 3.89. The lowest BCUT2D eigenvalue weighted by Crippen LogP contribution is -2.30. The Morgan fingerprint density at radius 1 is 1.54 bits per heavy atom. The van der Waals surface area contributed by atoms with Crippen LogP contribution in [0.2, 0.25) is 19.6 Å². The first kappa shape index (κ1) is 9.98. The number of nitrogens with zero attached hydrogens (tertiary/aromatic N) is 2. The zero-order valence-corrected chi connectivity index (χ0v) is 9.15. The van der Waals surface area contributed by atoms with Crippen LogP contribution in [0, 0.1) is 0 Å². The molecule has 72 valence electrons. The fraction of sp³-hybridized carbons (Fsp3) is 0.500. The Bertz CT molecular complexity index is 277. The van der Waals surface area contributed by atoms with E-state index in [2.05, 4.69) is 4.98 Å². The minimum Gasteiger partial charge on any atom is -0.519 e. The molecule has 0 aliphatic carbocycles. The summed E-state index contributed by atoms with van der Waals surface area (Å²) in [5.41, 5.74) is 0. The summed E-state index contributed by atoms with van der Waals surface area (Å²) in [7, 11) is -1.74. The Labute approximate surface area is 78.7 Å². The molecule has 0 atom stereocenters. The first-order chi connectivity index (χ1) is 5.97. The van der Waals surface area contributed by atoms with Gasteiger partial charge in [0.05, 0.1) is 6.33 Å². The van der Waals surface area contributed by atoms with Gasteiger partial charge in [-0.3, -0.25) is 4.79 Å². The fourth-order valence-electron chi connectivity index (χ4n) is 0.903. The molecule has 4 nitrogen and oxygen atoms in total. The Hall–Kier alpha value is -1.10. The van der Waals surface area contributed by atoms with Crippen molar-refractivity contribution in [2.24, 2.45) is 0 Å². The van der Waals surface area contributed by atoms with Crippen molar-refractivity contribution in [1.82, 2.24) is 9.55 Å². The lowest BCUT2D eigenvalue weighted by molar-refractivity contribution is -0.135. The summed E-state index contributed by atoms with van der Waals surface area (Å²) in [4.78, 5) is 15.1. The third-order valence-corrected chi connectivity index (χ3v) is 2.13. The Balaban J connectivity index is 2.43. The van der Waals surface area contributed by atoms with Crippen molar-refractivity contribution in [2.45, 2.75) is 26.2 Å². The highest BCUT2D eigenvalue weighted by atomic mass is 28.4. The van der Waals surface area contributed by atoms with E-state index < -0.39 is 8.32 Å². The summed E-state index contributed by atoms with van der Waals surface area (Å²) >= 11 is 0. The first-order valence-electron chi connectivity index (χ1n) is 4.15. The molecule has 1 heterocycles. The molecule has 0 saturated carbocycles. The summed E-state index contributed by atoms with van der Waals surface area (Å²) in [6.07, 6.45) is 4.98. The predicted molar refractivity (Wildman–Crippen MR) is 51.7 cm³/mol. The maximum atomic E-state index is 11.3. The van der Waals surface area contributed by atoms with Crippen LogP contribution in [-0.2, 0) is 15.8 Å². The van der Waals surface area contributed by atoms with Gasteiger partial charge in [0.25, 0.3) is 0 Å². The number of hydrogen-bond donors (Lipinski definition) is 0. The number of carbonyl (C=O) groups is 1. The Morgan fingerprint density at radius 2 is 2.23 bits per heavy atom. The van der Waals surface area contributed by atoms with Crippen LogP contribution in [0.25, 0.3) is 0 Å². The van der Waals surface area contributed by atoms with Gasteiger partial charge in [0.15, 0.2) is 0 Å². The first-order valence-corrected chi connectivity index (χ1v) is 7.56. The average Bonchev–Trinajstić information content (AvgIpc) is 2.34. The second-order valence-corrected chi connectivity index (χ2v) is 8.25. The van der Waals surface area contributed by atoms with Crippen LogP contribution in [0.3, 0.4) is 0 Å². The molecule has 1 aromatic rings. The molecule has 0 bridgehead atoms. The number of imidazole rings is 1. The van der Waals surface area contributed by atoms with Crippen molar-refractivity contribution in [3.05, 3.63) is 18.7 Å². The highest BCUT2D eigenvalue weighted by Crippen LogP contribution is 2.03. The lowest BCUT2D eigenvalue weighted by Gasteiger charge is -2.17. The molecule has 1 aromatic heterocycles. The van der Waals surface area contributed by atoms with Gasteiger partial charge in [0.1, 0.15) is 6.54 Å². The summed E-state index contributed by atoms with van der Waals surface area (Å²) in [5, 5.41) is 0. The van der Waals surface area contributed by atoms with E-state index in [4.69, 9.17) is 4.43 Å². The van der Waals surface area contributed by atoms with Crippen LogP contribution in [0.1, 0.15) is 0 Å². The number of carbonyl (C=O) groups excluding carboxylic acids is 1. The van der Waals surface area contributed by atoms with E-state index in [0.717, 1.165) is 0 Å². The molecule has 0 spiro atoms. The quantitative estimate of drug-likeness (QED) is 0.687. The van der Waals surface area contributed by atoms with Gasteiger partial charge in [-0.1, -0.05) is 0 Å². The standard InChI is InChI=1S/C8H14N2O2Si/c1-13(2,3)12-8(11)6-10-5-4-9-7-10/h4-5,7H,6H2,1-3H3. The van der Waals surface area contributed by atoms with Crippen molar-refractivity contribution in [2.75, 3.05) is 0 Å². The molecule has 5 heteroatoms. The van der Waals surface area contributed by atoms with Crippen LogP contribution < -0.4 is 0 Å². The SMILES string of the molecule is C[Si](C)(C)OC(=O)Cn1ccnc1. The molecule has 0 saturated heterocycles. The van der Waals surface area contributed by atoms with Crippen molar-refractivity contribution in [3.63, 3.8) is 0 Å². The predicted octanol–water partition coefficient (Wildman–Crippen LogP) is 1.26. The summed E-state index contributed by atoms with van der Waals surface area (Å²) < 4.78 is 6.96. The lowest BCUT2D eigenvalue weighted by atomic mass is 10.6. The number of aromatic nitrogens is 2. The second-order valence-electron chi connectivity index (χ2n) is 3.82. The van der Waals surface area contributed by atoms with Gasteiger partial charge in [-0.25, -0.2) is 4.98 Å². The van der Waals surface area contributed by atoms with Crippen LogP contribution in [0.15, 0.2) is 18.7 Å². The molecule has 0 amide bonds. The van der Waals surface area contributed by atoms with Crippen molar-refractivity contribution < 1.29 is 9.22 Å². The highest BCUT2D eigenvalue weighted by molar-refractivity contribution is 6.71. The van der Waals surface area contributed by atoms with Crippen LogP contribution >= 0.6 is 0 Å². The van der Waals surface area contributed by atoms with E-state index in [1.807, 2.05) is 19.6 Å². The van der Waals surface area contributed by atoms with Crippen LogP contribution in [0.5, 0.6) is 0 Å². The summed E-state index contributed by atoms with van der Waals surface area (Å²) in [5.74, 6) is -0.183. The monoisotopic (exact) mass is 198 g/mol. The van der Waals surface area contributed by atoms with Gasteiger partial charge in [0.2, 0.25) is 8.32 Å². The van der Waals surface area contributed by atoms with Gasteiger partial charge >= 0.3 is 5.97 Å². The Kier molecular flexibility index (Phi) is 2.87. The molecule has 0 aromatic carbocycles. The fourth-order valence-corrected chi connectivity index (χ4v) is 1.65. The van der Waals surface area contributed by atoms with E-state index in [0.29, 0.717) is 0 Å². The van der Waals surface area contributed by atoms with Crippen LogP contribution in [-0.4, -0.2) is 23.8 Å². The van der Waals surface area contributed by atoms with Crippen molar-refractivity contribution in [3.8, 4) is 0 Å². The zero-order valence-electron chi connectivity index (χ0n) is 8.15. The number of rotatable bonds is 3. The molecule has 0 aliphatic rings. The minimum atomic E-state index is -1.74. The third-order valence-electron chi connectivity index (χ3n) is 1.29. The molecule has 0 N–H and O–H groups in total. The van der Waals surface area contributed by atoms with E-state index in [9.17, 15) is 4.79 Å².